The number of benzene rings is 2. The number of hydrogen-bond acceptors (Lipinski definition) is 4. The predicted molar refractivity (Wildman–Crippen MR) is 80.7 cm³/mol. The number of hydrogen-bond donors (Lipinski definition) is 1. The van der Waals surface area contributed by atoms with Crippen LogP contribution in [0.2, 0.25) is 10.0 Å². The molecule has 1 aromatic heterocycles. The Balaban J connectivity index is 1.84. The second-order valence-electron chi connectivity index (χ2n) is 4.48. The Bertz CT molecular complexity index is 770. The predicted octanol–water partition coefficient (Wildman–Crippen LogP) is 4.34. The van der Waals surface area contributed by atoms with Crippen LogP contribution in [0.25, 0.3) is 11.5 Å². The molecule has 0 unspecified atom stereocenters. The molecule has 0 bridgehead atoms. The average Bonchev–Trinajstić information content (AvgIpc) is 2.90. The minimum Gasteiger partial charge on any atom is -0.507 e. The molecule has 0 fully saturated rings. The highest BCUT2D eigenvalue weighted by Gasteiger charge is 2.13. The van der Waals surface area contributed by atoms with Gasteiger partial charge in [0.2, 0.25) is 0 Å². The van der Waals surface area contributed by atoms with E-state index in [1.807, 2.05) is 24.3 Å². The third-order valence-electron chi connectivity index (χ3n) is 2.93. The molecule has 0 amide bonds. The van der Waals surface area contributed by atoms with Crippen LogP contribution in [0, 0.1) is 0 Å². The summed E-state index contributed by atoms with van der Waals surface area (Å²) < 4.78 is 5.18. The van der Waals surface area contributed by atoms with Crippen molar-refractivity contribution in [1.29, 1.82) is 0 Å². The van der Waals surface area contributed by atoms with Gasteiger partial charge in [0.15, 0.2) is 5.82 Å². The van der Waals surface area contributed by atoms with Crippen LogP contribution >= 0.6 is 23.2 Å². The SMILES string of the molecule is Oc1cc(Cl)ccc1-c1nc(Cc2ccc(Cl)cc2)no1. The second kappa shape index (κ2) is 5.76. The number of phenols is 1. The molecule has 4 nitrogen and oxygen atoms in total. The van der Waals surface area contributed by atoms with Crippen LogP contribution in [0.4, 0.5) is 0 Å². The standard InChI is InChI=1S/C15H10Cl2N2O2/c16-10-3-1-9(2-4-10)7-14-18-15(21-19-14)12-6-5-11(17)8-13(12)20/h1-6,8,20H,7H2. The van der Waals surface area contributed by atoms with Gasteiger partial charge < -0.3 is 9.63 Å². The van der Waals surface area contributed by atoms with Crippen LogP contribution in [0.1, 0.15) is 11.4 Å². The van der Waals surface area contributed by atoms with Crippen molar-refractivity contribution in [2.75, 3.05) is 0 Å². The third-order valence-corrected chi connectivity index (χ3v) is 3.42. The molecule has 1 heterocycles. The highest BCUT2D eigenvalue weighted by Crippen LogP contribution is 2.30. The van der Waals surface area contributed by atoms with Crippen molar-refractivity contribution in [1.82, 2.24) is 10.1 Å². The Kier molecular flexibility index (Phi) is 3.82. The summed E-state index contributed by atoms with van der Waals surface area (Å²) in [6.07, 6.45) is 0.523. The summed E-state index contributed by atoms with van der Waals surface area (Å²) in [6, 6.07) is 12.1. The lowest BCUT2D eigenvalue weighted by atomic mass is 10.1. The van der Waals surface area contributed by atoms with Crippen LogP contribution in [0.3, 0.4) is 0 Å². The van der Waals surface area contributed by atoms with Crippen molar-refractivity contribution in [2.24, 2.45) is 0 Å². The first kappa shape index (κ1) is 13.9. The fraction of sp³-hybridized carbons (Fsp3) is 0.0667. The molecule has 0 saturated heterocycles. The summed E-state index contributed by atoms with van der Waals surface area (Å²) in [7, 11) is 0. The van der Waals surface area contributed by atoms with Crippen molar-refractivity contribution in [3.8, 4) is 17.2 Å². The van der Waals surface area contributed by atoms with Gasteiger partial charge in [-0.25, -0.2) is 0 Å². The molecule has 0 radical (unpaired) electrons. The molecule has 0 saturated carbocycles. The van der Waals surface area contributed by atoms with Gasteiger partial charge in [0.25, 0.3) is 5.89 Å². The molecular formula is C15H10Cl2N2O2. The minimum atomic E-state index is 0.00388. The average molecular weight is 321 g/mol. The van der Waals surface area contributed by atoms with E-state index in [1.54, 1.807) is 12.1 Å². The van der Waals surface area contributed by atoms with Crippen LogP contribution in [-0.2, 0) is 6.42 Å². The summed E-state index contributed by atoms with van der Waals surface area (Å²) in [5, 5.41) is 14.9. The van der Waals surface area contributed by atoms with Gasteiger partial charge in [0.05, 0.1) is 5.56 Å². The summed E-state index contributed by atoms with van der Waals surface area (Å²) in [6.45, 7) is 0. The smallest absolute Gasteiger partial charge is 0.261 e. The van der Waals surface area contributed by atoms with Gasteiger partial charge in [-0.1, -0.05) is 40.5 Å². The van der Waals surface area contributed by atoms with E-state index < -0.39 is 0 Å². The maximum Gasteiger partial charge on any atom is 0.261 e. The lowest BCUT2D eigenvalue weighted by Crippen LogP contribution is -1.90. The molecule has 106 valence electrons. The number of nitrogens with zero attached hydrogens (tertiary/aromatic N) is 2. The van der Waals surface area contributed by atoms with Crippen molar-refractivity contribution in [3.63, 3.8) is 0 Å². The normalized spacial score (nSPS) is 10.8. The first-order valence-corrected chi connectivity index (χ1v) is 6.93. The van der Waals surface area contributed by atoms with Gasteiger partial charge >= 0.3 is 0 Å². The molecule has 1 N–H and O–H groups in total. The zero-order chi connectivity index (χ0) is 14.8. The van der Waals surface area contributed by atoms with Crippen LogP contribution in [0.15, 0.2) is 47.0 Å². The molecule has 3 rings (SSSR count). The fourth-order valence-corrected chi connectivity index (χ4v) is 2.20. The Morgan fingerprint density at radius 3 is 2.43 bits per heavy atom. The van der Waals surface area contributed by atoms with Crippen LogP contribution in [0.5, 0.6) is 5.75 Å². The molecule has 6 heteroatoms. The van der Waals surface area contributed by atoms with Gasteiger partial charge in [-0.15, -0.1) is 0 Å². The maximum atomic E-state index is 9.85. The van der Waals surface area contributed by atoms with E-state index in [4.69, 9.17) is 27.7 Å². The molecule has 0 aliphatic carbocycles. The number of halogens is 2. The summed E-state index contributed by atoms with van der Waals surface area (Å²) in [5.41, 5.74) is 1.47. The lowest BCUT2D eigenvalue weighted by molar-refractivity contribution is 0.418. The Morgan fingerprint density at radius 2 is 1.71 bits per heavy atom. The van der Waals surface area contributed by atoms with Crippen LogP contribution < -0.4 is 0 Å². The number of rotatable bonds is 3. The molecule has 0 aliphatic rings. The topological polar surface area (TPSA) is 59.2 Å². The molecular weight excluding hydrogens is 311 g/mol. The van der Waals surface area contributed by atoms with E-state index >= 15 is 0 Å². The van der Waals surface area contributed by atoms with Gasteiger partial charge in [0.1, 0.15) is 5.75 Å². The van der Waals surface area contributed by atoms with E-state index in [0.29, 0.717) is 27.9 Å². The number of aromatic hydroxyl groups is 1. The first-order valence-electron chi connectivity index (χ1n) is 6.18. The maximum absolute atomic E-state index is 9.85. The van der Waals surface area contributed by atoms with E-state index in [0.717, 1.165) is 5.56 Å². The molecule has 21 heavy (non-hydrogen) atoms. The van der Waals surface area contributed by atoms with E-state index in [1.165, 1.54) is 6.07 Å². The minimum absolute atomic E-state index is 0.00388. The van der Waals surface area contributed by atoms with Crippen molar-refractivity contribution in [2.45, 2.75) is 6.42 Å². The Hall–Kier alpha value is -2.04. The van der Waals surface area contributed by atoms with Crippen molar-refractivity contribution >= 4 is 23.2 Å². The van der Waals surface area contributed by atoms with E-state index in [2.05, 4.69) is 10.1 Å². The van der Waals surface area contributed by atoms with E-state index in [-0.39, 0.29) is 11.6 Å². The Labute approximate surface area is 130 Å². The van der Waals surface area contributed by atoms with Gasteiger partial charge in [0, 0.05) is 16.5 Å². The zero-order valence-electron chi connectivity index (χ0n) is 10.8. The first-order chi connectivity index (χ1) is 10.1. The molecule has 0 spiro atoms. The monoisotopic (exact) mass is 320 g/mol. The lowest BCUT2D eigenvalue weighted by Gasteiger charge is -1.99. The summed E-state index contributed by atoms with van der Waals surface area (Å²) in [5.74, 6) is 0.791. The highest BCUT2D eigenvalue weighted by atomic mass is 35.5. The number of phenolic OH excluding ortho intramolecular Hbond substituents is 1. The fourth-order valence-electron chi connectivity index (χ4n) is 1.91. The molecule has 2 aromatic carbocycles. The Morgan fingerprint density at radius 1 is 1.00 bits per heavy atom. The zero-order valence-corrected chi connectivity index (χ0v) is 12.3. The summed E-state index contributed by atoms with van der Waals surface area (Å²) in [4.78, 5) is 4.27. The summed E-state index contributed by atoms with van der Waals surface area (Å²) >= 11 is 11.6. The molecule has 0 atom stereocenters. The second-order valence-corrected chi connectivity index (χ2v) is 5.35. The largest absolute Gasteiger partial charge is 0.507 e. The van der Waals surface area contributed by atoms with Gasteiger partial charge in [-0.3, -0.25) is 0 Å². The van der Waals surface area contributed by atoms with Crippen molar-refractivity contribution in [3.05, 3.63) is 63.9 Å². The highest BCUT2D eigenvalue weighted by molar-refractivity contribution is 6.31. The quantitative estimate of drug-likeness (QED) is 0.779. The van der Waals surface area contributed by atoms with Crippen molar-refractivity contribution < 1.29 is 9.63 Å². The van der Waals surface area contributed by atoms with E-state index in [9.17, 15) is 5.11 Å². The van der Waals surface area contributed by atoms with Gasteiger partial charge in [-0.2, -0.15) is 4.98 Å². The third kappa shape index (κ3) is 3.17. The van der Waals surface area contributed by atoms with Gasteiger partial charge in [-0.05, 0) is 35.9 Å². The molecule has 3 aromatic rings. The molecule has 0 aliphatic heterocycles. The number of aromatic nitrogens is 2. The van der Waals surface area contributed by atoms with Crippen LogP contribution in [-0.4, -0.2) is 15.2 Å².